The molecular formula is C20H14F2N6. The molecule has 0 saturated carbocycles. The van der Waals surface area contributed by atoms with Crippen molar-refractivity contribution in [2.75, 3.05) is 5.32 Å². The van der Waals surface area contributed by atoms with Crippen molar-refractivity contribution < 1.29 is 8.78 Å². The zero-order valence-electron chi connectivity index (χ0n) is 14.8. The number of hydrogen-bond acceptors (Lipinski definition) is 5. The van der Waals surface area contributed by atoms with Crippen molar-refractivity contribution in [3.8, 4) is 11.9 Å². The molecule has 0 spiro atoms. The van der Waals surface area contributed by atoms with Gasteiger partial charge in [-0.3, -0.25) is 9.55 Å². The summed E-state index contributed by atoms with van der Waals surface area (Å²) < 4.78 is 28.3. The second-order valence-electron chi connectivity index (χ2n) is 6.23. The summed E-state index contributed by atoms with van der Waals surface area (Å²) in [4.78, 5) is 13.0. The van der Waals surface area contributed by atoms with Crippen LogP contribution in [0.25, 0.3) is 16.9 Å². The Morgan fingerprint density at radius 2 is 1.96 bits per heavy atom. The Balaban J connectivity index is 1.65. The Labute approximate surface area is 159 Å². The molecule has 138 valence electrons. The molecule has 0 aliphatic rings. The van der Waals surface area contributed by atoms with E-state index < -0.39 is 11.6 Å². The smallest absolute Gasteiger partial charge is 0.159 e. The molecule has 1 atom stereocenters. The van der Waals surface area contributed by atoms with Crippen molar-refractivity contribution >= 4 is 16.9 Å². The summed E-state index contributed by atoms with van der Waals surface area (Å²) in [6.45, 7) is 1.81. The van der Waals surface area contributed by atoms with Crippen LogP contribution in [0.2, 0.25) is 0 Å². The van der Waals surface area contributed by atoms with Crippen molar-refractivity contribution in [2.45, 2.75) is 13.0 Å². The lowest BCUT2D eigenvalue weighted by molar-refractivity contribution is 0.506. The van der Waals surface area contributed by atoms with Gasteiger partial charge in [0.05, 0.1) is 41.1 Å². The van der Waals surface area contributed by atoms with Crippen LogP contribution < -0.4 is 5.32 Å². The van der Waals surface area contributed by atoms with Crippen molar-refractivity contribution in [2.24, 2.45) is 0 Å². The Hall–Kier alpha value is -3.86. The van der Waals surface area contributed by atoms with Crippen LogP contribution in [-0.2, 0) is 0 Å². The second-order valence-corrected chi connectivity index (χ2v) is 6.23. The SMILES string of the molecule is CC(Nc1cncc(-n2cnc3ccc(C#N)cc32)n1)c1ccc(F)c(F)c1. The van der Waals surface area contributed by atoms with Crippen molar-refractivity contribution in [3.05, 3.63) is 77.9 Å². The maximum absolute atomic E-state index is 13.5. The number of imidazole rings is 1. The summed E-state index contributed by atoms with van der Waals surface area (Å²) in [7, 11) is 0. The largest absolute Gasteiger partial charge is 0.362 e. The number of anilines is 1. The first-order valence-electron chi connectivity index (χ1n) is 8.46. The molecule has 0 amide bonds. The fourth-order valence-corrected chi connectivity index (χ4v) is 2.89. The van der Waals surface area contributed by atoms with Crippen LogP contribution in [0.5, 0.6) is 0 Å². The molecule has 0 saturated heterocycles. The van der Waals surface area contributed by atoms with Crippen molar-refractivity contribution in [3.63, 3.8) is 0 Å². The van der Waals surface area contributed by atoms with E-state index in [4.69, 9.17) is 5.26 Å². The summed E-state index contributed by atoms with van der Waals surface area (Å²) in [6.07, 6.45) is 4.73. The number of rotatable bonds is 4. The van der Waals surface area contributed by atoms with E-state index in [-0.39, 0.29) is 6.04 Å². The highest BCUT2D eigenvalue weighted by molar-refractivity contribution is 5.78. The quantitative estimate of drug-likeness (QED) is 0.579. The van der Waals surface area contributed by atoms with Gasteiger partial charge >= 0.3 is 0 Å². The van der Waals surface area contributed by atoms with E-state index in [1.807, 2.05) is 6.92 Å². The van der Waals surface area contributed by atoms with Gasteiger partial charge in [-0.15, -0.1) is 0 Å². The van der Waals surface area contributed by atoms with E-state index in [1.165, 1.54) is 6.07 Å². The minimum absolute atomic E-state index is 0.315. The molecule has 1 unspecified atom stereocenters. The van der Waals surface area contributed by atoms with Crippen LogP contribution >= 0.6 is 0 Å². The highest BCUT2D eigenvalue weighted by atomic mass is 19.2. The lowest BCUT2D eigenvalue weighted by atomic mass is 10.1. The molecule has 0 aliphatic heterocycles. The van der Waals surface area contributed by atoms with Crippen LogP contribution in [0.3, 0.4) is 0 Å². The highest BCUT2D eigenvalue weighted by Gasteiger charge is 2.12. The molecule has 1 N–H and O–H groups in total. The lowest BCUT2D eigenvalue weighted by Gasteiger charge is -2.15. The molecule has 0 bridgehead atoms. The van der Waals surface area contributed by atoms with Gasteiger partial charge in [-0.2, -0.15) is 5.26 Å². The number of nitriles is 1. The van der Waals surface area contributed by atoms with Gasteiger partial charge in [0, 0.05) is 0 Å². The molecule has 8 heteroatoms. The fourth-order valence-electron chi connectivity index (χ4n) is 2.89. The van der Waals surface area contributed by atoms with Gasteiger partial charge in [0.25, 0.3) is 0 Å². The predicted molar refractivity (Wildman–Crippen MR) is 99.8 cm³/mol. The summed E-state index contributed by atoms with van der Waals surface area (Å²) >= 11 is 0. The number of fused-ring (bicyclic) bond motifs is 1. The minimum atomic E-state index is -0.899. The van der Waals surface area contributed by atoms with Gasteiger partial charge in [0.1, 0.15) is 12.1 Å². The van der Waals surface area contributed by atoms with Gasteiger partial charge in [-0.05, 0) is 42.8 Å². The normalized spacial score (nSPS) is 11.9. The minimum Gasteiger partial charge on any atom is -0.362 e. The zero-order chi connectivity index (χ0) is 19.7. The average molecular weight is 376 g/mol. The van der Waals surface area contributed by atoms with Crippen molar-refractivity contribution in [1.29, 1.82) is 5.26 Å². The molecule has 28 heavy (non-hydrogen) atoms. The molecule has 2 aromatic heterocycles. The topological polar surface area (TPSA) is 79.4 Å². The average Bonchev–Trinajstić information content (AvgIpc) is 3.13. The molecule has 2 heterocycles. The molecule has 2 aromatic carbocycles. The van der Waals surface area contributed by atoms with E-state index in [0.717, 1.165) is 23.2 Å². The van der Waals surface area contributed by atoms with Gasteiger partial charge < -0.3 is 5.32 Å². The summed E-state index contributed by atoms with van der Waals surface area (Å²) in [5, 5.41) is 12.2. The van der Waals surface area contributed by atoms with E-state index in [9.17, 15) is 8.78 Å². The van der Waals surface area contributed by atoms with Crippen LogP contribution in [0, 0.1) is 23.0 Å². The van der Waals surface area contributed by atoms with Gasteiger partial charge in [-0.1, -0.05) is 6.07 Å². The third kappa shape index (κ3) is 3.25. The lowest BCUT2D eigenvalue weighted by Crippen LogP contribution is -2.10. The van der Waals surface area contributed by atoms with E-state index >= 15 is 0 Å². The number of aromatic nitrogens is 4. The predicted octanol–water partition coefficient (Wildman–Crippen LogP) is 4.14. The number of benzene rings is 2. The first-order valence-corrected chi connectivity index (χ1v) is 8.46. The molecule has 0 radical (unpaired) electrons. The van der Waals surface area contributed by atoms with Crippen molar-refractivity contribution in [1.82, 2.24) is 19.5 Å². The standard InChI is InChI=1S/C20H14F2N6/c1-12(14-3-4-15(21)16(22)7-14)26-19-9-24-10-20(27-19)28-11-25-17-5-2-13(8-23)6-18(17)28/h2-7,9-12H,1H3,(H,26,27). The molecule has 0 aliphatic carbocycles. The third-order valence-corrected chi connectivity index (χ3v) is 4.35. The zero-order valence-corrected chi connectivity index (χ0v) is 14.8. The second kappa shape index (κ2) is 7.04. The first kappa shape index (κ1) is 17.5. The van der Waals surface area contributed by atoms with Crippen LogP contribution in [0.15, 0.2) is 55.1 Å². The van der Waals surface area contributed by atoms with Crippen LogP contribution in [0.4, 0.5) is 14.6 Å². The van der Waals surface area contributed by atoms with Crippen LogP contribution in [0.1, 0.15) is 24.1 Å². The summed E-state index contributed by atoms with van der Waals surface area (Å²) in [6, 6.07) is 10.7. The number of halogens is 2. The molecular weight excluding hydrogens is 362 g/mol. The Kier molecular flexibility index (Phi) is 4.41. The highest BCUT2D eigenvalue weighted by Crippen LogP contribution is 2.22. The monoisotopic (exact) mass is 376 g/mol. The van der Waals surface area contributed by atoms with E-state index in [1.54, 1.807) is 41.5 Å². The molecule has 4 aromatic rings. The maximum atomic E-state index is 13.5. The van der Waals surface area contributed by atoms with Gasteiger partial charge in [0.2, 0.25) is 0 Å². The summed E-state index contributed by atoms with van der Waals surface area (Å²) in [5.41, 5.74) is 2.56. The van der Waals surface area contributed by atoms with E-state index in [2.05, 4.69) is 26.3 Å². The Bertz CT molecular complexity index is 1210. The molecule has 0 fully saturated rings. The number of nitrogens with zero attached hydrogens (tertiary/aromatic N) is 5. The van der Waals surface area contributed by atoms with Crippen LogP contribution in [-0.4, -0.2) is 19.5 Å². The molecule has 6 nitrogen and oxygen atoms in total. The van der Waals surface area contributed by atoms with Gasteiger partial charge in [0.15, 0.2) is 17.5 Å². The van der Waals surface area contributed by atoms with E-state index in [0.29, 0.717) is 22.8 Å². The summed E-state index contributed by atoms with van der Waals surface area (Å²) in [5.74, 6) is -0.807. The maximum Gasteiger partial charge on any atom is 0.159 e. The fraction of sp³-hybridized carbons (Fsp3) is 0.100. The molecule has 4 rings (SSSR count). The third-order valence-electron chi connectivity index (χ3n) is 4.35. The Morgan fingerprint density at radius 1 is 1.11 bits per heavy atom. The van der Waals surface area contributed by atoms with Gasteiger partial charge in [-0.25, -0.2) is 18.7 Å². The first-order chi connectivity index (χ1) is 13.5. The number of hydrogen-bond donors (Lipinski definition) is 1. The Morgan fingerprint density at radius 3 is 2.75 bits per heavy atom. The number of nitrogens with one attached hydrogen (secondary N) is 1.